The van der Waals surface area contributed by atoms with Crippen molar-refractivity contribution >= 4 is 11.7 Å². The molecule has 0 bridgehead atoms. The molecule has 0 spiro atoms. The van der Waals surface area contributed by atoms with Crippen molar-refractivity contribution < 1.29 is 14.3 Å². The van der Waals surface area contributed by atoms with Crippen molar-refractivity contribution in [1.29, 1.82) is 0 Å². The predicted octanol–water partition coefficient (Wildman–Crippen LogP) is 2.00. The molecule has 0 aliphatic carbocycles. The predicted molar refractivity (Wildman–Crippen MR) is 85.1 cm³/mol. The van der Waals surface area contributed by atoms with Crippen molar-refractivity contribution in [3.05, 3.63) is 29.3 Å². The number of nitrogens with one attached hydrogen (secondary N) is 1. The molecular weight excluding hydrogens is 280 g/mol. The third kappa shape index (κ3) is 3.85. The number of carbonyl (C=O) groups is 2. The van der Waals surface area contributed by atoms with E-state index in [0.717, 1.165) is 37.1 Å². The number of benzene rings is 1. The van der Waals surface area contributed by atoms with E-state index in [4.69, 9.17) is 4.74 Å². The summed E-state index contributed by atoms with van der Waals surface area (Å²) in [5.74, 6) is 0.853. The lowest BCUT2D eigenvalue weighted by molar-refractivity contribution is -0.125. The Morgan fingerprint density at radius 1 is 1.41 bits per heavy atom. The van der Waals surface area contributed by atoms with Gasteiger partial charge in [-0.25, -0.2) is 0 Å². The Labute approximate surface area is 131 Å². The Morgan fingerprint density at radius 2 is 2.18 bits per heavy atom. The van der Waals surface area contributed by atoms with Crippen molar-refractivity contribution in [3.63, 3.8) is 0 Å². The summed E-state index contributed by atoms with van der Waals surface area (Å²) >= 11 is 0. The minimum Gasteiger partial charge on any atom is -0.496 e. The third-order valence-corrected chi connectivity index (χ3v) is 4.14. The molecule has 5 heteroatoms. The Kier molecular flexibility index (Phi) is 5.55. The second-order valence-corrected chi connectivity index (χ2v) is 5.80. The minimum absolute atomic E-state index is 0.0266. The van der Waals surface area contributed by atoms with Gasteiger partial charge in [0, 0.05) is 24.2 Å². The molecule has 2 rings (SSSR count). The normalized spacial score (nSPS) is 18.7. The first-order valence-electron chi connectivity index (χ1n) is 7.68. The van der Waals surface area contributed by atoms with Gasteiger partial charge in [-0.05, 0) is 51.4 Å². The van der Waals surface area contributed by atoms with Gasteiger partial charge in [-0.3, -0.25) is 14.5 Å². The first kappa shape index (κ1) is 16.5. The SMILES string of the molecule is COc1ccc(C(C)=O)cc1CN(C)[C@H]1CCCCNC1=O. The fourth-order valence-corrected chi connectivity index (χ4v) is 2.84. The monoisotopic (exact) mass is 304 g/mol. The van der Waals surface area contributed by atoms with E-state index in [1.54, 1.807) is 20.1 Å². The van der Waals surface area contributed by atoms with Gasteiger partial charge in [0.05, 0.1) is 13.2 Å². The molecule has 0 radical (unpaired) electrons. The summed E-state index contributed by atoms with van der Waals surface area (Å²) < 4.78 is 5.38. The van der Waals surface area contributed by atoms with Crippen LogP contribution >= 0.6 is 0 Å². The molecule has 1 aliphatic heterocycles. The number of nitrogens with zero attached hydrogens (tertiary/aromatic N) is 1. The Morgan fingerprint density at radius 3 is 2.86 bits per heavy atom. The van der Waals surface area contributed by atoms with Gasteiger partial charge in [-0.1, -0.05) is 0 Å². The number of Topliss-reactive ketones (excluding diaryl/α,β-unsaturated/α-hetero) is 1. The van der Waals surface area contributed by atoms with Crippen molar-refractivity contribution in [2.24, 2.45) is 0 Å². The molecule has 0 aromatic heterocycles. The summed E-state index contributed by atoms with van der Waals surface area (Å²) in [6, 6.07) is 5.30. The maximum absolute atomic E-state index is 12.1. The number of carbonyl (C=O) groups excluding carboxylic acids is 2. The lowest BCUT2D eigenvalue weighted by Crippen LogP contribution is -2.43. The summed E-state index contributed by atoms with van der Waals surface area (Å²) in [5.41, 5.74) is 1.59. The number of hydrogen-bond acceptors (Lipinski definition) is 4. The lowest BCUT2D eigenvalue weighted by atomic mass is 10.0. The van der Waals surface area contributed by atoms with Crippen LogP contribution in [0.15, 0.2) is 18.2 Å². The molecule has 1 heterocycles. The van der Waals surface area contributed by atoms with Crippen molar-refractivity contribution in [2.45, 2.75) is 38.8 Å². The van der Waals surface area contributed by atoms with Gasteiger partial charge in [0.1, 0.15) is 5.75 Å². The smallest absolute Gasteiger partial charge is 0.237 e. The molecule has 1 atom stereocenters. The molecule has 1 aromatic carbocycles. The molecule has 1 aliphatic rings. The quantitative estimate of drug-likeness (QED) is 0.845. The molecule has 22 heavy (non-hydrogen) atoms. The molecule has 0 saturated carbocycles. The van der Waals surface area contributed by atoms with E-state index in [1.165, 1.54) is 0 Å². The van der Waals surface area contributed by atoms with Gasteiger partial charge >= 0.3 is 0 Å². The largest absolute Gasteiger partial charge is 0.496 e. The molecule has 1 saturated heterocycles. The van der Waals surface area contributed by atoms with E-state index in [0.29, 0.717) is 12.1 Å². The number of hydrogen-bond donors (Lipinski definition) is 1. The average molecular weight is 304 g/mol. The molecule has 1 N–H and O–H groups in total. The zero-order valence-corrected chi connectivity index (χ0v) is 13.5. The van der Waals surface area contributed by atoms with Gasteiger partial charge in [-0.15, -0.1) is 0 Å². The fourth-order valence-electron chi connectivity index (χ4n) is 2.84. The first-order chi connectivity index (χ1) is 10.5. The molecule has 5 nitrogen and oxygen atoms in total. The fraction of sp³-hybridized carbons (Fsp3) is 0.529. The van der Waals surface area contributed by atoms with Crippen LogP contribution in [0.25, 0.3) is 0 Å². The summed E-state index contributed by atoms with van der Waals surface area (Å²) in [6.45, 7) is 2.88. The van der Waals surface area contributed by atoms with E-state index < -0.39 is 0 Å². The zero-order chi connectivity index (χ0) is 16.1. The zero-order valence-electron chi connectivity index (χ0n) is 13.5. The van der Waals surface area contributed by atoms with E-state index in [9.17, 15) is 9.59 Å². The average Bonchev–Trinajstić information content (AvgIpc) is 2.71. The van der Waals surface area contributed by atoms with Crippen LogP contribution in [0.1, 0.15) is 42.1 Å². The van der Waals surface area contributed by atoms with Gasteiger partial charge in [0.25, 0.3) is 0 Å². The molecule has 1 fully saturated rings. The summed E-state index contributed by atoms with van der Waals surface area (Å²) in [4.78, 5) is 25.7. The van der Waals surface area contributed by atoms with Crippen molar-refractivity contribution in [1.82, 2.24) is 10.2 Å². The summed E-state index contributed by atoms with van der Waals surface area (Å²) in [7, 11) is 3.56. The van der Waals surface area contributed by atoms with Crippen LogP contribution in [0.5, 0.6) is 5.75 Å². The number of likely N-dealkylation sites (N-methyl/N-ethyl adjacent to an activating group) is 1. The highest BCUT2D eigenvalue weighted by atomic mass is 16.5. The van der Waals surface area contributed by atoms with Crippen molar-refractivity contribution in [3.8, 4) is 5.75 Å². The van der Waals surface area contributed by atoms with Gasteiger partial charge in [0.2, 0.25) is 5.91 Å². The Hall–Kier alpha value is -1.88. The summed E-state index contributed by atoms with van der Waals surface area (Å²) in [5, 5.41) is 2.95. The van der Waals surface area contributed by atoms with E-state index >= 15 is 0 Å². The summed E-state index contributed by atoms with van der Waals surface area (Å²) in [6.07, 6.45) is 2.93. The number of amides is 1. The number of ketones is 1. The van der Waals surface area contributed by atoms with Crippen LogP contribution in [0, 0.1) is 0 Å². The minimum atomic E-state index is -0.131. The maximum atomic E-state index is 12.1. The maximum Gasteiger partial charge on any atom is 0.237 e. The van der Waals surface area contributed by atoms with E-state index in [2.05, 4.69) is 5.32 Å². The number of ether oxygens (including phenoxy) is 1. The Balaban J connectivity index is 2.18. The Bertz CT molecular complexity index is 557. The van der Waals surface area contributed by atoms with Crippen LogP contribution in [-0.2, 0) is 11.3 Å². The standard InChI is InChI=1S/C17H24N2O3/c1-12(20)13-7-8-16(22-3)14(10-13)11-19(2)15-6-4-5-9-18-17(15)21/h7-8,10,15H,4-6,9,11H2,1-3H3,(H,18,21)/t15-/m0/s1. The van der Waals surface area contributed by atoms with Crippen molar-refractivity contribution in [2.75, 3.05) is 20.7 Å². The van der Waals surface area contributed by atoms with Gasteiger partial charge in [-0.2, -0.15) is 0 Å². The number of methoxy groups -OCH3 is 1. The van der Waals surface area contributed by atoms with Gasteiger partial charge < -0.3 is 10.1 Å². The van der Waals surface area contributed by atoms with Crippen LogP contribution in [0.4, 0.5) is 0 Å². The topological polar surface area (TPSA) is 58.6 Å². The second-order valence-electron chi connectivity index (χ2n) is 5.80. The van der Waals surface area contributed by atoms with Gasteiger partial charge in [0.15, 0.2) is 5.78 Å². The highest BCUT2D eigenvalue weighted by Crippen LogP contribution is 2.23. The highest BCUT2D eigenvalue weighted by molar-refractivity contribution is 5.94. The van der Waals surface area contributed by atoms with E-state index in [1.807, 2.05) is 24.1 Å². The third-order valence-electron chi connectivity index (χ3n) is 4.14. The molecule has 1 aromatic rings. The molecule has 1 amide bonds. The van der Waals surface area contributed by atoms with Crippen LogP contribution < -0.4 is 10.1 Å². The van der Waals surface area contributed by atoms with Crippen LogP contribution in [-0.4, -0.2) is 43.3 Å². The highest BCUT2D eigenvalue weighted by Gasteiger charge is 2.25. The second kappa shape index (κ2) is 7.40. The number of rotatable bonds is 5. The lowest BCUT2D eigenvalue weighted by Gasteiger charge is -2.26. The van der Waals surface area contributed by atoms with E-state index in [-0.39, 0.29) is 17.7 Å². The van der Waals surface area contributed by atoms with Crippen LogP contribution in [0.2, 0.25) is 0 Å². The first-order valence-corrected chi connectivity index (χ1v) is 7.68. The van der Waals surface area contributed by atoms with Crippen LogP contribution in [0.3, 0.4) is 0 Å². The molecular formula is C17H24N2O3. The molecule has 120 valence electrons. The molecule has 0 unspecified atom stereocenters.